The number of hydrogen-bond acceptors (Lipinski definition) is 6. The molecule has 0 fully saturated rings. The molecule has 0 bridgehead atoms. The average Bonchev–Trinajstić information content (AvgIpc) is 3.44. The Kier molecular flexibility index (Phi) is 61.8. The fourth-order valence-corrected chi connectivity index (χ4v) is 8.91. The second kappa shape index (κ2) is 65.3. The van der Waals surface area contributed by atoms with Crippen LogP contribution in [0.15, 0.2) is 122 Å². The van der Waals surface area contributed by atoms with Crippen molar-refractivity contribution >= 4 is 17.9 Å². The first-order chi connectivity index (χ1) is 38.5. The smallest absolute Gasteiger partial charge is 0.306 e. The SMILES string of the molecule is CC/C=C\C/C=C\C/C=C\C/C=C\C/C=C\C/C=C\CCCCCCCCCCCCCCC(=O)OCC(COC(=O)CCCCCCCC)OC(=O)CCCCCCCCCCCC/C=C\C/C=C\C/C=C\C/C=C\CC. The number of rotatable bonds is 58. The maximum Gasteiger partial charge on any atom is 0.306 e. The van der Waals surface area contributed by atoms with Gasteiger partial charge in [0.2, 0.25) is 0 Å². The third-order valence-electron chi connectivity index (χ3n) is 13.7. The van der Waals surface area contributed by atoms with Crippen LogP contribution in [0.1, 0.15) is 297 Å². The topological polar surface area (TPSA) is 78.9 Å². The van der Waals surface area contributed by atoms with Gasteiger partial charge in [-0.15, -0.1) is 0 Å². The molecule has 78 heavy (non-hydrogen) atoms. The van der Waals surface area contributed by atoms with Gasteiger partial charge in [0, 0.05) is 19.3 Å². The summed E-state index contributed by atoms with van der Waals surface area (Å²) in [6, 6.07) is 0. The number of carbonyl (C=O) groups excluding carboxylic acids is 3. The molecule has 1 atom stereocenters. The van der Waals surface area contributed by atoms with Crippen LogP contribution in [0.2, 0.25) is 0 Å². The standard InChI is InChI=1S/C72H120O6/c1-4-7-10-13-16-18-20-22-24-26-28-30-32-33-34-35-36-37-38-39-41-42-44-46-48-50-52-54-56-59-62-65-71(74)77-68-69(67-76-70(73)64-61-58-15-12-9-6-3)78-72(75)66-63-60-57-55-53-51-49-47-45-43-40-31-29-27-25-23-21-19-17-14-11-8-5-2/h7-8,10-11,16-19,22-25,28-31,33-34,36-37,69H,4-6,9,12-15,20-21,26-27,32,35,38-68H2,1-3H3/b10-7-,11-8-,18-16-,19-17-,24-22-,25-23-,30-28-,31-29-,34-33-,37-36-. The first kappa shape index (κ1) is 73.8. The van der Waals surface area contributed by atoms with E-state index in [0.717, 1.165) is 122 Å². The number of unbranched alkanes of at least 4 members (excludes halogenated alkanes) is 27. The van der Waals surface area contributed by atoms with Gasteiger partial charge in [-0.05, 0) is 109 Å². The fourth-order valence-electron chi connectivity index (χ4n) is 8.91. The molecule has 0 aliphatic carbocycles. The second-order valence-electron chi connectivity index (χ2n) is 21.3. The molecular formula is C72H120O6. The third kappa shape index (κ3) is 62.7. The zero-order chi connectivity index (χ0) is 56.4. The minimum Gasteiger partial charge on any atom is -0.462 e. The molecule has 1 unspecified atom stereocenters. The first-order valence-corrected chi connectivity index (χ1v) is 32.5. The van der Waals surface area contributed by atoms with Crippen LogP contribution in [0.5, 0.6) is 0 Å². The van der Waals surface area contributed by atoms with Crippen molar-refractivity contribution in [1.29, 1.82) is 0 Å². The molecule has 0 saturated carbocycles. The maximum absolute atomic E-state index is 12.9. The zero-order valence-electron chi connectivity index (χ0n) is 50.9. The highest BCUT2D eigenvalue weighted by atomic mass is 16.6. The Morgan fingerprint density at radius 2 is 0.500 bits per heavy atom. The predicted octanol–water partition coefficient (Wildman–Crippen LogP) is 22.4. The van der Waals surface area contributed by atoms with E-state index < -0.39 is 6.10 Å². The predicted molar refractivity (Wildman–Crippen MR) is 339 cm³/mol. The molecule has 0 aromatic carbocycles. The molecule has 0 aromatic rings. The molecule has 0 heterocycles. The molecule has 0 rings (SSSR count). The summed E-state index contributed by atoms with van der Waals surface area (Å²) in [6.45, 7) is 6.36. The van der Waals surface area contributed by atoms with Crippen molar-refractivity contribution in [3.8, 4) is 0 Å². The van der Waals surface area contributed by atoms with E-state index in [1.165, 1.54) is 135 Å². The highest BCUT2D eigenvalue weighted by Gasteiger charge is 2.19. The second-order valence-corrected chi connectivity index (χ2v) is 21.3. The van der Waals surface area contributed by atoms with Gasteiger partial charge in [-0.1, -0.05) is 290 Å². The molecule has 0 spiro atoms. The van der Waals surface area contributed by atoms with Crippen LogP contribution in [0, 0.1) is 0 Å². The molecular weight excluding hydrogens is 961 g/mol. The largest absolute Gasteiger partial charge is 0.462 e. The fraction of sp³-hybridized carbons (Fsp3) is 0.681. The summed E-state index contributed by atoms with van der Waals surface area (Å²) in [4.78, 5) is 38.0. The van der Waals surface area contributed by atoms with E-state index in [1.54, 1.807) is 0 Å². The minimum atomic E-state index is -0.780. The molecule has 6 heteroatoms. The highest BCUT2D eigenvalue weighted by Crippen LogP contribution is 2.16. The molecule has 6 nitrogen and oxygen atoms in total. The van der Waals surface area contributed by atoms with E-state index in [4.69, 9.17) is 14.2 Å². The van der Waals surface area contributed by atoms with Crippen LogP contribution in [-0.2, 0) is 28.6 Å². The van der Waals surface area contributed by atoms with Gasteiger partial charge in [0.25, 0.3) is 0 Å². The monoisotopic (exact) mass is 1080 g/mol. The van der Waals surface area contributed by atoms with Crippen molar-refractivity contribution in [1.82, 2.24) is 0 Å². The van der Waals surface area contributed by atoms with Crippen molar-refractivity contribution in [2.24, 2.45) is 0 Å². The lowest BCUT2D eigenvalue weighted by atomic mass is 10.0. The zero-order valence-corrected chi connectivity index (χ0v) is 50.9. The minimum absolute atomic E-state index is 0.0802. The van der Waals surface area contributed by atoms with Crippen molar-refractivity contribution in [2.45, 2.75) is 303 Å². The quantitative estimate of drug-likeness (QED) is 0.0261. The van der Waals surface area contributed by atoms with E-state index in [9.17, 15) is 14.4 Å². The van der Waals surface area contributed by atoms with Crippen LogP contribution in [0.3, 0.4) is 0 Å². The number of carbonyl (C=O) groups is 3. The van der Waals surface area contributed by atoms with Crippen molar-refractivity contribution in [3.05, 3.63) is 122 Å². The Labute approximate surface area is 482 Å². The van der Waals surface area contributed by atoms with Crippen molar-refractivity contribution < 1.29 is 28.6 Å². The summed E-state index contributed by atoms with van der Waals surface area (Å²) in [7, 11) is 0. The number of allylic oxidation sites excluding steroid dienone is 20. The normalized spacial score (nSPS) is 12.9. The Bertz CT molecular complexity index is 1620. The third-order valence-corrected chi connectivity index (χ3v) is 13.7. The molecule has 0 aliphatic heterocycles. The Morgan fingerprint density at radius 1 is 0.269 bits per heavy atom. The van der Waals surface area contributed by atoms with Crippen LogP contribution in [0.25, 0.3) is 0 Å². The molecule has 0 saturated heterocycles. The van der Waals surface area contributed by atoms with E-state index in [0.29, 0.717) is 19.3 Å². The first-order valence-electron chi connectivity index (χ1n) is 32.5. The van der Waals surface area contributed by atoms with Crippen molar-refractivity contribution in [3.63, 3.8) is 0 Å². The van der Waals surface area contributed by atoms with Crippen LogP contribution in [-0.4, -0.2) is 37.2 Å². The summed E-state index contributed by atoms with van der Waals surface area (Å²) < 4.78 is 16.8. The maximum atomic E-state index is 12.9. The van der Waals surface area contributed by atoms with E-state index in [-0.39, 0.29) is 31.1 Å². The Morgan fingerprint density at radius 3 is 0.782 bits per heavy atom. The average molecular weight is 1080 g/mol. The van der Waals surface area contributed by atoms with Crippen molar-refractivity contribution in [2.75, 3.05) is 13.2 Å². The van der Waals surface area contributed by atoms with Gasteiger partial charge in [-0.2, -0.15) is 0 Å². The molecule has 444 valence electrons. The van der Waals surface area contributed by atoms with Crippen LogP contribution >= 0.6 is 0 Å². The lowest BCUT2D eigenvalue weighted by Crippen LogP contribution is -2.30. The Balaban J connectivity index is 4.09. The number of esters is 3. The Hall–Kier alpha value is -4.19. The van der Waals surface area contributed by atoms with Gasteiger partial charge in [0.15, 0.2) is 6.10 Å². The summed E-state index contributed by atoms with van der Waals surface area (Å²) in [5.74, 6) is -0.891. The van der Waals surface area contributed by atoms with Gasteiger partial charge < -0.3 is 14.2 Å². The molecule has 0 N–H and O–H groups in total. The summed E-state index contributed by atoms with van der Waals surface area (Å²) in [5.41, 5.74) is 0. The molecule has 0 aliphatic rings. The lowest BCUT2D eigenvalue weighted by molar-refractivity contribution is -0.167. The molecule has 0 radical (unpaired) electrons. The summed E-state index contributed by atoms with van der Waals surface area (Å²) in [6.07, 6.45) is 91.0. The highest BCUT2D eigenvalue weighted by molar-refractivity contribution is 5.71. The summed E-state index contributed by atoms with van der Waals surface area (Å²) >= 11 is 0. The van der Waals surface area contributed by atoms with Crippen LogP contribution < -0.4 is 0 Å². The van der Waals surface area contributed by atoms with E-state index in [1.807, 2.05) is 0 Å². The number of hydrogen-bond donors (Lipinski definition) is 0. The molecule has 0 amide bonds. The van der Waals surface area contributed by atoms with Gasteiger partial charge in [-0.25, -0.2) is 0 Å². The molecule has 0 aromatic heterocycles. The summed E-state index contributed by atoms with van der Waals surface area (Å²) in [5, 5.41) is 0. The van der Waals surface area contributed by atoms with E-state index in [2.05, 4.69) is 142 Å². The van der Waals surface area contributed by atoms with Gasteiger partial charge in [0.05, 0.1) is 0 Å². The van der Waals surface area contributed by atoms with Gasteiger partial charge >= 0.3 is 17.9 Å². The van der Waals surface area contributed by atoms with E-state index >= 15 is 0 Å². The number of ether oxygens (including phenoxy) is 3. The van der Waals surface area contributed by atoms with Crippen LogP contribution in [0.4, 0.5) is 0 Å². The lowest BCUT2D eigenvalue weighted by Gasteiger charge is -2.18. The van der Waals surface area contributed by atoms with Gasteiger partial charge in [0.1, 0.15) is 13.2 Å². The van der Waals surface area contributed by atoms with Gasteiger partial charge in [-0.3, -0.25) is 14.4 Å².